The Labute approximate surface area is 91.3 Å². The molecule has 0 unspecified atom stereocenters. The van der Waals surface area contributed by atoms with Crippen LogP contribution >= 0.6 is 15.9 Å². The van der Waals surface area contributed by atoms with Crippen LogP contribution < -0.4 is 4.90 Å². The topological polar surface area (TPSA) is 20.3 Å². The second kappa shape index (κ2) is 3.24. The summed E-state index contributed by atoms with van der Waals surface area (Å²) in [5.74, 6) is 0.0643. The lowest BCUT2D eigenvalue weighted by Crippen LogP contribution is -2.20. The molecule has 0 spiro atoms. The zero-order valence-corrected chi connectivity index (χ0v) is 9.63. The van der Waals surface area contributed by atoms with Crippen LogP contribution in [-0.2, 0) is 4.79 Å². The molecule has 0 atom stereocenters. The third kappa shape index (κ3) is 1.12. The lowest BCUT2D eigenvalue weighted by Gasteiger charge is -2.10. The van der Waals surface area contributed by atoms with E-state index in [1.807, 2.05) is 31.2 Å². The zero-order chi connectivity index (χ0) is 10.3. The van der Waals surface area contributed by atoms with E-state index >= 15 is 0 Å². The van der Waals surface area contributed by atoms with E-state index in [2.05, 4.69) is 15.9 Å². The number of anilines is 1. The van der Waals surface area contributed by atoms with Crippen LogP contribution in [0.5, 0.6) is 0 Å². The molecule has 3 heteroatoms. The molecule has 72 valence electrons. The van der Waals surface area contributed by atoms with Crippen molar-refractivity contribution in [3.8, 4) is 0 Å². The van der Waals surface area contributed by atoms with Crippen LogP contribution in [0.4, 0.5) is 5.69 Å². The van der Waals surface area contributed by atoms with Crippen LogP contribution in [0.2, 0.25) is 0 Å². The highest BCUT2D eigenvalue weighted by atomic mass is 79.9. The normalized spacial score (nSPS) is 17.8. The van der Waals surface area contributed by atoms with Crippen molar-refractivity contribution in [1.29, 1.82) is 0 Å². The smallest absolute Gasteiger partial charge is 0.258 e. The molecule has 0 aliphatic carbocycles. The fourth-order valence-corrected chi connectivity index (χ4v) is 2.38. The molecule has 0 saturated heterocycles. The molecule has 1 aliphatic rings. The van der Waals surface area contributed by atoms with Crippen molar-refractivity contribution in [2.75, 3.05) is 11.9 Å². The van der Waals surface area contributed by atoms with Crippen LogP contribution in [0.25, 0.3) is 5.57 Å². The lowest BCUT2D eigenvalue weighted by molar-refractivity contribution is -0.112. The largest absolute Gasteiger partial charge is 0.310 e. The number of carbonyl (C=O) groups is 1. The van der Waals surface area contributed by atoms with Gasteiger partial charge in [-0.15, -0.1) is 0 Å². The molecular weight excluding hydrogens is 242 g/mol. The summed E-state index contributed by atoms with van der Waals surface area (Å²) in [6.07, 6.45) is 1.86. The number of para-hydroxylation sites is 1. The van der Waals surface area contributed by atoms with Gasteiger partial charge in [0.2, 0.25) is 0 Å². The Morgan fingerprint density at radius 3 is 2.79 bits per heavy atom. The molecule has 2 nitrogen and oxygen atoms in total. The van der Waals surface area contributed by atoms with Crippen molar-refractivity contribution in [2.24, 2.45) is 0 Å². The maximum absolute atomic E-state index is 11.8. The van der Waals surface area contributed by atoms with Gasteiger partial charge in [0, 0.05) is 22.7 Å². The SMILES string of the molecule is C/C=C1\C(=O)N(C)c2c(Br)cccc21. The van der Waals surface area contributed by atoms with Crippen molar-refractivity contribution in [3.05, 3.63) is 34.3 Å². The first-order valence-electron chi connectivity index (χ1n) is 4.40. The predicted molar refractivity (Wildman–Crippen MR) is 61.2 cm³/mol. The molecule has 0 N–H and O–H groups in total. The van der Waals surface area contributed by atoms with Crippen LogP contribution in [0, 0.1) is 0 Å². The minimum atomic E-state index is 0.0643. The second-order valence-electron chi connectivity index (χ2n) is 3.20. The van der Waals surface area contributed by atoms with Crippen LogP contribution in [0.15, 0.2) is 28.7 Å². The van der Waals surface area contributed by atoms with E-state index in [4.69, 9.17) is 0 Å². The second-order valence-corrected chi connectivity index (χ2v) is 4.06. The Bertz CT molecular complexity index is 437. The Balaban J connectivity index is 2.74. The van der Waals surface area contributed by atoms with Crippen molar-refractivity contribution in [1.82, 2.24) is 0 Å². The van der Waals surface area contributed by atoms with Gasteiger partial charge in [0.05, 0.1) is 5.69 Å². The zero-order valence-electron chi connectivity index (χ0n) is 8.04. The van der Waals surface area contributed by atoms with Gasteiger partial charge in [-0.25, -0.2) is 0 Å². The highest BCUT2D eigenvalue weighted by Gasteiger charge is 2.30. The van der Waals surface area contributed by atoms with Gasteiger partial charge in [-0.3, -0.25) is 4.79 Å². The first-order chi connectivity index (χ1) is 6.66. The standard InChI is InChI=1S/C11H10BrNO/c1-3-7-8-5-4-6-9(12)10(8)13(2)11(7)14/h3-6H,1-2H3/b7-3-. The number of carbonyl (C=O) groups excluding carboxylic acids is 1. The highest BCUT2D eigenvalue weighted by Crippen LogP contribution is 2.40. The number of halogens is 1. The van der Waals surface area contributed by atoms with E-state index in [0.717, 1.165) is 21.3 Å². The van der Waals surface area contributed by atoms with Gasteiger partial charge in [-0.2, -0.15) is 0 Å². The van der Waals surface area contributed by atoms with E-state index < -0.39 is 0 Å². The van der Waals surface area contributed by atoms with E-state index in [-0.39, 0.29) is 5.91 Å². The summed E-state index contributed by atoms with van der Waals surface area (Å²) in [4.78, 5) is 13.5. The summed E-state index contributed by atoms with van der Waals surface area (Å²) >= 11 is 3.45. The van der Waals surface area contributed by atoms with Crippen LogP contribution in [0.1, 0.15) is 12.5 Å². The van der Waals surface area contributed by atoms with Gasteiger partial charge in [0.25, 0.3) is 5.91 Å². The summed E-state index contributed by atoms with van der Waals surface area (Å²) in [7, 11) is 1.79. The monoisotopic (exact) mass is 251 g/mol. The maximum Gasteiger partial charge on any atom is 0.258 e. The predicted octanol–water partition coefficient (Wildman–Crippen LogP) is 2.83. The van der Waals surface area contributed by atoms with Crippen molar-refractivity contribution in [2.45, 2.75) is 6.92 Å². The quantitative estimate of drug-likeness (QED) is 0.650. The summed E-state index contributed by atoms with van der Waals surface area (Å²) in [6, 6.07) is 5.86. The third-order valence-corrected chi connectivity index (χ3v) is 3.08. The van der Waals surface area contributed by atoms with E-state index in [0.29, 0.717) is 0 Å². The molecule has 2 rings (SSSR count). The Morgan fingerprint density at radius 2 is 2.14 bits per heavy atom. The fraction of sp³-hybridized carbons (Fsp3) is 0.182. The summed E-state index contributed by atoms with van der Waals surface area (Å²) in [5.41, 5.74) is 2.75. The molecule has 0 radical (unpaired) electrons. The van der Waals surface area contributed by atoms with Crippen LogP contribution in [-0.4, -0.2) is 13.0 Å². The average molecular weight is 252 g/mol. The fourth-order valence-electron chi connectivity index (χ4n) is 1.75. The number of allylic oxidation sites excluding steroid dienone is 1. The summed E-state index contributed by atoms with van der Waals surface area (Å²) < 4.78 is 0.961. The number of rotatable bonds is 0. The number of fused-ring (bicyclic) bond motifs is 1. The molecule has 0 bridgehead atoms. The highest BCUT2D eigenvalue weighted by molar-refractivity contribution is 9.10. The Morgan fingerprint density at radius 1 is 1.43 bits per heavy atom. The molecule has 0 aromatic heterocycles. The molecule has 0 saturated carbocycles. The van der Waals surface area contributed by atoms with Gasteiger partial charge in [0.1, 0.15) is 0 Å². The van der Waals surface area contributed by atoms with Gasteiger partial charge in [-0.1, -0.05) is 18.2 Å². The van der Waals surface area contributed by atoms with E-state index in [1.165, 1.54) is 0 Å². The first-order valence-corrected chi connectivity index (χ1v) is 5.19. The van der Waals surface area contributed by atoms with Crippen LogP contribution in [0.3, 0.4) is 0 Å². The molecule has 1 heterocycles. The van der Waals surface area contributed by atoms with E-state index in [9.17, 15) is 4.79 Å². The van der Waals surface area contributed by atoms with Gasteiger partial charge >= 0.3 is 0 Å². The first kappa shape index (κ1) is 9.46. The van der Waals surface area contributed by atoms with Crippen molar-refractivity contribution >= 4 is 33.1 Å². The maximum atomic E-state index is 11.8. The Kier molecular flexibility index (Phi) is 2.19. The minimum Gasteiger partial charge on any atom is -0.310 e. The van der Waals surface area contributed by atoms with Crippen molar-refractivity contribution < 1.29 is 4.79 Å². The number of hydrogen-bond acceptors (Lipinski definition) is 1. The molecule has 1 aromatic rings. The van der Waals surface area contributed by atoms with Crippen molar-refractivity contribution in [3.63, 3.8) is 0 Å². The number of amides is 1. The lowest BCUT2D eigenvalue weighted by atomic mass is 10.1. The molecule has 14 heavy (non-hydrogen) atoms. The average Bonchev–Trinajstić information content (AvgIpc) is 2.41. The van der Waals surface area contributed by atoms with E-state index in [1.54, 1.807) is 11.9 Å². The number of nitrogens with zero attached hydrogens (tertiary/aromatic N) is 1. The molecular formula is C11H10BrNO. The number of hydrogen-bond donors (Lipinski definition) is 0. The molecule has 1 aliphatic heterocycles. The third-order valence-electron chi connectivity index (χ3n) is 2.44. The molecule has 1 amide bonds. The van der Waals surface area contributed by atoms with Gasteiger partial charge < -0.3 is 4.90 Å². The van der Waals surface area contributed by atoms with Gasteiger partial charge in [-0.05, 0) is 28.9 Å². The number of benzene rings is 1. The Hall–Kier alpha value is -1.09. The molecule has 0 fully saturated rings. The molecule has 1 aromatic carbocycles. The minimum absolute atomic E-state index is 0.0643. The summed E-state index contributed by atoms with van der Waals surface area (Å²) in [6.45, 7) is 1.89. The summed E-state index contributed by atoms with van der Waals surface area (Å²) in [5, 5.41) is 0. The number of likely N-dealkylation sites (N-methyl/N-ethyl adjacent to an activating group) is 1. The van der Waals surface area contributed by atoms with Gasteiger partial charge in [0.15, 0.2) is 0 Å².